The summed E-state index contributed by atoms with van der Waals surface area (Å²) in [6, 6.07) is -0.269. The molecule has 5 nitrogen and oxygen atoms in total. The lowest BCUT2D eigenvalue weighted by molar-refractivity contribution is -0.140. The Morgan fingerprint density at radius 3 is 2.65 bits per heavy atom. The van der Waals surface area contributed by atoms with E-state index in [0.29, 0.717) is 29.7 Å². The number of alkyl halides is 3. The van der Waals surface area contributed by atoms with Crippen molar-refractivity contribution < 1.29 is 17.7 Å². The van der Waals surface area contributed by atoms with Crippen molar-refractivity contribution in [3.8, 4) is 0 Å². The molecule has 0 aromatic carbocycles. The first-order chi connectivity index (χ1) is 9.40. The maximum absolute atomic E-state index is 12.5. The zero-order valence-corrected chi connectivity index (χ0v) is 11.7. The highest BCUT2D eigenvalue weighted by atomic mass is 32.1. The van der Waals surface area contributed by atoms with Crippen LogP contribution in [0, 0.1) is 6.92 Å². The Kier molecular flexibility index (Phi) is 4.39. The molecule has 1 atom stereocenters. The van der Waals surface area contributed by atoms with Crippen molar-refractivity contribution in [1.29, 1.82) is 0 Å². The van der Waals surface area contributed by atoms with Crippen LogP contribution in [0.15, 0.2) is 9.90 Å². The Labute approximate surface area is 117 Å². The minimum atomic E-state index is -4.40. The lowest BCUT2D eigenvalue weighted by atomic mass is 10.2. The van der Waals surface area contributed by atoms with E-state index in [1.807, 2.05) is 6.92 Å². The fourth-order valence-electron chi connectivity index (χ4n) is 1.61. The van der Waals surface area contributed by atoms with Gasteiger partial charge in [-0.25, -0.2) is 4.98 Å². The van der Waals surface area contributed by atoms with E-state index in [9.17, 15) is 13.2 Å². The van der Waals surface area contributed by atoms with E-state index in [1.54, 1.807) is 6.92 Å². The smallest absolute Gasteiger partial charge is 0.340 e. The molecule has 2 rings (SSSR count). The molecule has 2 aromatic heterocycles. The number of aryl methyl sites for hydroxylation is 1. The molecular formula is C11H13F3N4OS. The molecule has 0 radical (unpaired) electrons. The third kappa shape index (κ3) is 3.54. The standard InChI is InChI=1S/C11H13F3N4OS/c1-3-7(15-4-9-16-6(2)19-18-9)10-17-8(5-20-10)11(12,13)14/h5,7,15H,3-4H2,1-2H3/t7-/m0/s1. The maximum atomic E-state index is 12.5. The molecule has 0 aliphatic carbocycles. The minimum Gasteiger partial charge on any atom is -0.340 e. The van der Waals surface area contributed by atoms with Crippen LogP contribution in [0.25, 0.3) is 0 Å². The minimum absolute atomic E-state index is 0.269. The second-order valence-electron chi connectivity index (χ2n) is 4.14. The van der Waals surface area contributed by atoms with Crippen LogP contribution in [-0.4, -0.2) is 15.1 Å². The first-order valence-electron chi connectivity index (χ1n) is 5.95. The molecule has 0 spiro atoms. The summed E-state index contributed by atoms with van der Waals surface area (Å²) in [6.07, 6.45) is -3.79. The van der Waals surface area contributed by atoms with E-state index in [2.05, 4.69) is 20.4 Å². The van der Waals surface area contributed by atoms with Crippen molar-refractivity contribution in [1.82, 2.24) is 20.4 Å². The van der Waals surface area contributed by atoms with Crippen LogP contribution in [0.5, 0.6) is 0 Å². The summed E-state index contributed by atoms with van der Waals surface area (Å²) in [5.41, 5.74) is -0.854. The average molecular weight is 306 g/mol. The molecular weight excluding hydrogens is 293 g/mol. The molecule has 9 heteroatoms. The van der Waals surface area contributed by atoms with Gasteiger partial charge in [0.2, 0.25) is 5.89 Å². The Morgan fingerprint density at radius 1 is 1.40 bits per heavy atom. The van der Waals surface area contributed by atoms with Gasteiger partial charge in [0.15, 0.2) is 11.5 Å². The molecule has 0 aliphatic heterocycles. The van der Waals surface area contributed by atoms with Gasteiger partial charge in [-0.05, 0) is 6.42 Å². The summed E-state index contributed by atoms with van der Waals surface area (Å²) in [7, 11) is 0. The van der Waals surface area contributed by atoms with Gasteiger partial charge in [-0.3, -0.25) is 0 Å². The van der Waals surface area contributed by atoms with Gasteiger partial charge in [0.25, 0.3) is 0 Å². The van der Waals surface area contributed by atoms with Gasteiger partial charge in [-0.2, -0.15) is 18.2 Å². The molecule has 2 heterocycles. The summed E-state index contributed by atoms with van der Waals surface area (Å²) in [5.74, 6) is 0.914. The number of nitrogens with one attached hydrogen (secondary N) is 1. The van der Waals surface area contributed by atoms with Crippen LogP contribution in [0.1, 0.15) is 41.8 Å². The molecule has 1 N–H and O–H groups in total. The Morgan fingerprint density at radius 2 is 2.15 bits per heavy atom. The topological polar surface area (TPSA) is 63.8 Å². The number of nitrogens with zero attached hydrogens (tertiary/aromatic N) is 3. The largest absolute Gasteiger partial charge is 0.434 e. The average Bonchev–Trinajstić information content (AvgIpc) is 2.99. The lowest BCUT2D eigenvalue weighted by Gasteiger charge is -2.12. The van der Waals surface area contributed by atoms with Gasteiger partial charge >= 0.3 is 6.18 Å². The van der Waals surface area contributed by atoms with E-state index < -0.39 is 11.9 Å². The quantitative estimate of drug-likeness (QED) is 0.919. The molecule has 0 fully saturated rings. The normalized spacial score (nSPS) is 13.7. The van der Waals surface area contributed by atoms with E-state index >= 15 is 0 Å². The SMILES string of the molecule is CC[C@H](NCc1noc(C)n1)c1nc(C(F)(F)F)cs1. The number of halogens is 3. The first kappa shape index (κ1) is 14.9. The fourth-order valence-corrected chi connectivity index (χ4v) is 2.60. The van der Waals surface area contributed by atoms with E-state index in [-0.39, 0.29) is 6.04 Å². The summed E-state index contributed by atoms with van der Waals surface area (Å²) in [6.45, 7) is 3.86. The van der Waals surface area contributed by atoms with Gasteiger partial charge in [0.05, 0.1) is 12.6 Å². The molecule has 110 valence electrons. The van der Waals surface area contributed by atoms with E-state index in [1.165, 1.54) is 0 Å². The molecule has 0 aliphatic rings. The molecule has 2 aromatic rings. The molecule has 0 amide bonds. The van der Waals surface area contributed by atoms with Crippen molar-refractivity contribution in [2.45, 2.75) is 39.0 Å². The predicted octanol–water partition coefficient (Wildman–Crippen LogP) is 3.09. The number of hydrogen-bond acceptors (Lipinski definition) is 6. The summed E-state index contributed by atoms with van der Waals surface area (Å²) < 4.78 is 42.4. The highest BCUT2D eigenvalue weighted by molar-refractivity contribution is 7.09. The third-order valence-electron chi connectivity index (χ3n) is 2.59. The van der Waals surface area contributed by atoms with Crippen molar-refractivity contribution in [2.75, 3.05) is 0 Å². The Hall–Kier alpha value is -1.48. The molecule has 20 heavy (non-hydrogen) atoms. The number of hydrogen-bond donors (Lipinski definition) is 1. The molecule has 0 unspecified atom stereocenters. The Bertz CT molecular complexity index is 566. The van der Waals surface area contributed by atoms with Crippen molar-refractivity contribution in [3.63, 3.8) is 0 Å². The van der Waals surface area contributed by atoms with Gasteiger partial charge in [0.1, 0.15) is 5.01 Å². The lowest BCUT2D eigenvalue weighted by Crippen LogP contribution is -2.21. The number of aromatic nitrogens is 3. The number of rotatable bonds is 5. The number of thiazole rings is 1. The van der Waals surface area contributed by atoms with Crippen molar-refractivity contribution in [3.05, 3.63) is 27.8 Å². The molecule has 0 saturated carbocycles. The predicted molar refractivity (Wildman–Crippen MR) is 66.0 cm³/mol. The van der Waals surface area contributed by atoms with Crippen molar-refractivity contribution >= 4 is 11.3 Å². The maximum Gasteiger partial charge on any atom is 0.434 e. The summed E-state index contributed by atoms with van der Waals surface area (Å²) in [5, 5.41) is 8.22. The molecule has 0 bridgehead atoms. The van der Waals surface area contributed by atoms with Gasteiger partial charge < -0.3 is 9.84 Å². The zero-order chi connectivity index (χ0) is 14.8. The van der Waals surface area contributed by atoms with Crippen LogP contribution in [0.3, 0.4) is 0 Å². The van der Waals surface area contributed by atoms with Crippen LogP contribution in [-0.2, 0) is 12.7 Å². The highest BCUT2D eigenvalue weighted by Gasteiger charge is 2.34. The van der Waals surface area contributed by atoms with Crippen LogP contribution in [0.2, 0.25) is 0 Å². The first-order valence-corrected chi connectivity index (χ1v) is 6.83. The van der Waals surface area contributed by atoms with E-state index in [0.717, 1.165) is 16.7 Å². The van der Waals surface area contributed by atoms with Gasteiger partial charge in [-0.15, -0.1) is 11.3 Å². The van der Waals surface area contributed by atoms with E-state index in [4.69, 9.17) is 4.52 Å². The van der Waals surface area contributed by atoms with Crippen LogP contribution in [0.4, 0.5) is 13.2 Å². The highest BCUT2D eigenvalue weighted by Crippen LogP contribution is 2.32. The fraction of sp³-hybridized carbons (Fsp3) is 0.545. The van der Waals surface area contributed by atoms with Crippen LogP contribution >= 0.6 is 11.3 Å². The zero-order valence-electron chi connectivity index (χ0n) is 10.9. The second-order valence-corrected chi connectivity index (χ2v) is 5.03. The molecule has 0 saturated heterocycles. The van der Waals surface area contributed by atoms with Gasteiger partial charge in [-0.1, -0.05) is 12.1 Å². The summed E-state index contributed by atoms with van der Waals surface area (Å²) >= 11 is 0.992. The Balaban J connectivity index is 2.03. The summed E-state index contributed by atoms with van der Waals surface area (Å²) in [4.78, 5) is 7.65. The monoisotopic (exact) mass is 306 g/mol. The van der Waals surface area contributed by atoms with Gasteiger partial charge in [0, 0.05) is 12.3 Å². The van der Waals surface area contributed by atoms with Crippen LogP contribution < -0.4 is 5.32 Å². The second kappa shape index (κ2) is 5.88. The third-order valence-corrected chi connectivity index (χ3v) is 3.55. The van der Waals surface area contributed by atoms with Crippen molar-refractivity contribution in [2.24, 2.45) is 0 Å².